The first-order valence-corrected chi connectivity index (χ1v) is 32.6. The molecule has 36 heteroatoms. The van der Waals surface area contributed by atoms with E-state index in [9.17, 15) is 57.5 Å². The molecule has 0 saturated carbocycles. The second-order valence-corrected chi connectivity index (χ2v) is 22.6. The van der Waals surface area contributed by atoms with Crippen molar-refractivity contribution in [3.63, 3.8) is 0 Å². The van der Waals surface area contributed by atoms with Crippen LogP contribution in [0.2, 0.25) is 0 Å². The van der Waals surface area contributed by atoms with Gasteiger partial charge in [0.15, 0.2) is 0 Å². The molecule has 102 heavy (non-hydrogen) atoms. The third-order valence-corrected chi connectivity index (χ3v) is 15.6. The molecule has 0 spiro atoms. The number of carbonyl (C=O) groups excluding carboxylic acids is 15. The van der Waals surface area contributed by atoms with Gasteiger partial charge in [-0.25, -0.2) is 14.4 Å². The van der Waals surface area contributed by atoms with Crippen LogP contribution in [0.4, 0.5) is 0 Å². The number of methoxy groups -OCH3 is 12. The van der Waals surface area contributed by atoms with E-state index in [0.29, 0.717) is 0 Å². The summed E-state index contributed by atoms with van der Waals surface area (Å²) >= 11 is 0. The minimum atomic E-state index is -1.34. The standard InChI is InChI=1S/C66H102N6O30/c1-88-52(73)13-25-67(26-14-53(74)89-2)40-49(41-68(27-15-54(75)90-3)28-16-55(76)91-4)100-64(85)46-37-47(65(86)101-50(42-69(29-17-56(77)92-5)30-18-57(78)93-6)43-70(31-19-58(79)94-7)32-20-59(80)95-8)39-48(38-46)66(87)102-51(44-71(33-21-60(81)96-9)34-22-61(82)97-10)45-72(35-23-62(83)98-11)36-24-63(84)99-12/h37-39,49-51H,13-36,40-45H2,1-12H3. The molecule has 0 bridgehead atoms. The van der Waals surface area contributed by atoms with Crippen LogP contribution in [0.1, 0.15) is 108 Å². The third-order valence-electron chi connectivity index (χ3n) is 15.6. The third kappa shape index (κ3) is 40.5. The van der Waals surface area contributed by atoms with Crippen molar-refractivity contribution in [2.75, 3.05) is 203 Å². The van der Waals surface area contributed by atoms with Gasteiger partial charge in [0.05, 0.1) is 179 Å². The number of carbonyl (C=O) groups is 15. The lowest BCUT2D eigenvalue weighted by atomic mass is 10.0. The highest BCUT2D eigenvalue weighted by molar-refractivity contribution is 6.00. The molecule has 1 aromatic rings. The largest absolute Gasteiger partial charge is 0.469 e. The molecule has 1 aromatic carbocycles. The second-order valence-electron chi connectivity index (χ2n) is 22.6. The van der Waals surface area contributed by atoms with Crippen LogP contribution in [0.15, 0.2) is 18.2 Å². The summed E-state index contributed by atoms with van der Waals surface area (Å²) < 4.78 is 77.5. The van der Waals surface area contributed by atoms with Gasteiger partial charge in [-0.3, -0.25) is 86.9 Å². The lowest BCUT2D eigenvalue weighted by molar-refractivity contribution is -0.143. The van der Waals surface area contributed by atoms with Crippen LogP contribution in [0, 0.1) is 0 Å². The van der Waals surface area contributed by atoms with Gasteiger partial charge < -0.3 is 71.1 Å². The first-order chi connectivity index (χ1) is 48.6. The Morgan fingerprint density at radius 1 is 0.216 bits per heavy atom. The summed E-state index contributed by atoms with van der Waals surface area (Å²) in [6.45, 7) is -2.66. The zero-order valence-electron chi connectivity index (χ0n) is 60.6. The molecule has 0 aromatic heterocycles. The average molecular weight is 1460 g/mol. The van der Waals surface area contributed by atoms with E-state index in [-0.39, 0.29) is 195 Å². The van der Waals surface area contributed by atoms with Gasteiger partial charge >= 0.3 is 89.5 Å². The first-order valence-electron chi connectivity index (χ1n) is 32.6. The highest BCUT2D eigenvalue weighted by Crippen LogP contribution is 2.21. The van der Waals surface area contributed by atoms with Crippen molar-refractivity contribution in [2.24, 2.45) is 0 Å². The van der Waals surface area contributed by atoms with Gasteiger partial charge in [-0.15, -0.1) is 0 Å². The van der Waals surface area contributed by atoms with Crippen molar-refractivity contribution in [1.29, 1.82) is 0 Å². The number of benzene rings is 1. The fourth-order valence-electron chi connectivity index (χ4n) is 9.75. The monoisotopic (exact) mass is 1460 g/mol. The highest BCUT2D eigenvalue weighted by Gasteiger charge is 2.32. The summed E-state index contributed by atoms with van der Waals surface area (Å²) in [5, 5.41) is 0. The van der Waals surface area contributed by atoms with E-state index >= 15 is 14.4 Å². The fourth-order valence-corrected chi connectivity index (χ4v) is 9.75. The van der Waals surface area contributed by atoms with Gasteiger partial charge in [-0.1, -0.05) is 0 Å². The Labute approximate surface area is 593 Å². The molecule has 576 valence electrons. The lowest BCUT2D eigenvalue weighted by Crippen LogP contribution is -2.45. The normalized spacial score (nSPS) is 11.1. The molecule has 0 unspecified atom stereocenters. The van der Waals surface area contributed by atoms with Gasteiger partial charge in [0.1, 0.15) is 18.3 Å². The summed E-state index contributed by atoms with van der Waals surface area (Å²) in [5.74, 6) is -11.5. The van der Waals surface area contributed by atoms with Crippen LogP contribution in [0.3, 0.4) is 0 Å². The minimum Gasteiger partial charge on any atom is -0.469 e. The SMILES string of the molecule is COC(=O)CCN(CCC(=O)OC)CC(CN(CCC(=O)OC)CCC(=O)OC)OC(=O)c1cc(C(=O)OC(CN(CCC(=O)OC)CCC(=O)OC)CN(CCC(=O)OC)CCC(=O)OC)cc(C(=O)OC(CN(CCC(=O)OC)CCC(=O)OC)CN(CCC(=O)OC)CCC(=O)OC)c1. The topological polar surface area (TPSA) is 414 Å². The molecule has 0 atom stereocenters. The molecule has 0 radical (unpaired) electrons. The molecule has 36 nitrogen and oxygen atoms in total. The lowest BCUT2D eigenvalue weighted by Gasteiger charge is -2.32. The van der Waals surface area contributed by atoms with E-state index in [2.05, 4.69) is 0 Å². The Balaban J connectivity index is 4.73. The van der Waals surface area contributed by atoms with Gasteiger partial charge in [-0.2, -0.15) is 0 Å². The zero-order valence-corrected chi connectivity index (χ0v) is 60.6. The summed E-state index contributed by atoms with van der Waals surface area (Å²) in [5.41, 5.74) is -1.56. The fraction of sp³-hybridized carbons (Fsp3) is 0.682. The summed E-state index contributed by atoms with van der Waals surface area (Å²) in [6, 6.07) is 3.06. The van der Waals surface area contributed by atoms with E-state index in [0.717, 1.165) is 18.2 Å². The van der Waals surface area contributed by atoms with Crippen molar-refractivity contribution in [2.45, 2.75) is 95.4 Å². The van der Waals surface area contributed by atoms with Crippen molar-refractivity contribution in [3.05, 3.63) is 34.9 Å². The van der Waals surface area contributed by atoms with E-state index in [4.69, 9.17) is 71.1 Å². The number of hydrogen-bond donors (Lipinski definition) is 0. The maximum absolute atomic E-state index is 15.3. The molecule has 0 aliphatic heterocycles. The molecule has 0 amide bonds. The van der Waals surface area contributed by atoms with Crippen LogP contribution >= 0.6 is 0 Å². The molecule has 1 rings (SSSR count). The Morgan fingerprint density at radius 2 is 0.324 bits per heavy atom. The van der Waals surface area contributed by atoms with Crippen LogP contribution < -0.4 is 0 Å². The van der Waals surface area contributed by atoms with E-state index in [1.54, 1.807) is 29.4 Å². The molecule has 0 aliphatic rings. The second kappa shape index (κ2) is 52.9. The number of esters is 15. The summed E-state index contributed by atoms with van der Waals surface area (Å²) in [6.07, 6.45) is -6.74. The van der Waals surface area contributed by atoms with Gasteiger partial charge in [-0.05, 0) is 18.2 Å². The maximum Gasteiger partial charge on any atom is 0.338 e. The van der Waals surface area contributed by atoms with E-state index in [1.165, 1.54) is 85.3 Å². The molecule has 0 heterocycles. The zero-order chi connectivity index (χ0) is 76.5. The average Bonchev–Trinajstić information content (AvgIpc) is 0.815. The number of hydrogen-bond acceptors (Lipinski definition) is 36. The van der Waals surface area contributed by atoms with E-state index in [1.807, 2.05) is 0 Å². The molecule has 0 N–H and O–H groups in total. The Kier molecular flexibility index (Phi) is 47.2. The van der Waals surface area contributed by atoms with Crippen LogP contribution in [-0.4, -0.2) is 340 Å². The molecule has 0 aliphatic carbocycles. The van der Waals surface area contributed by atoms with Crippen LogP contribution in [0.25, 0.3) is 0 Å². The van der Waals surface area contributed by atoms with Gasteiger partial charge in [0.2, 0.25) is 0 Å². The number of ether oxygens (including phenoxy) is 15. The van der Waals surface area contributed by atoms with Crippen LogP contribution in [-0.2, 0) is 129 Å². The van der Waals surface area contributed by atoms with Crippen molar-refractivity contribution in [1.82, 2.24) is 29.4 Å². The number of nitrogens with zero attached hydrogens (tertiary/aromatic N) is 6. The molecule has 0 fully saturated rings. The van der Waals surface area contributed by atoms with E-state index < -0.39 is 125 Å². The van der Waals surface area contributed by atoms with Crippen LogP contribution in [0.5, 0.6) is 0 Å². The van der Waals surface area contributed by atoms with Gasteiger partial charge in [0.25, 0.3) is 0 Å². The highest BCUT2D eigenvalue weighted by atomic mass is 16.6. The van der Waals surface area contributed by atoms with Crippen molar-refractivity contribution < 1.29 is 143 Å². The summed E-state index contributed by atoms with van der Waals surface area (Å²) in [7, 11) is 14.0. The maximum atomic E-state index is 15.3. The Hall–Kier alpha value is -8.97. The van der Waals surface area contributed by atoms with Crippen molar-refractivity contribution in [3.8, 4) is 0 Å². The number of rotatable bonds is 54. The Morgan fingerprint density at radius 3 is 0.422 bits per heavy atom. The minimum absolute atomic E-state index is 0.0844. The summed E-state index contributed by atoms with van der Waals surface area (Å²) in [4.78, 5) is 206. The quantitative estimate of drug-likeness (QED) is 0.0603. The Bertz CT molecular complexity index is 2290. The van der Waals surface area contributed by atoms with Crippen molar-refractivity contribution >= 4 is 89.5 Å². The molecular formula is C66H102N6O30. The van der Waals surface area contributed by atoms with Gasteiger partial charge in [0, 0.05) is 118 Å². The molecular weight excluding hydrogens is 1360 g/mol. The predicted molar refractivity (Wildman–Crippen MR) is 352 cm³/mol. The molecule has 0 saturated heterocycles. The smallest absolute Gasteiger partial charge is 0.338 e. The predicted octanol–water partition coefficient (Wildman–Crippen LogP) is -0.168. The first kappa shape index (κ1) is 91.0.